The number of aliphatic hydroxyl groups is 1. The van der Waals surface area contributed by atoms with Crippen LogP contribution in [0.2, 0.25) is 10.0 Å². The van der Waals surface area contributed by atoms with Gasteiger partial charge in [-0.1, -0.05) is 23.2 Å². The van der Waals surface area contributed by atoms with E-state index in [1.165, 1.54) is 10.6 Å². The smallest absolute Gasteiger partial charge is 0.226 e. The number of oxazole rings is 1. The van der Waals surface area contributed by atoms with Crippen molar-refractivity contribution in [3.05, 3.63) is 40.2 Å². The first-order valence-electron chi connectivity index (χ1n) is 6.90. The predicted molar refractivity (Wildman–Crippen MR) is 86.8 cm³/mol. The van der Waals surface area contributed by atoms with Crippen molar-refractivity contribution in [2.24, 2.45) is 0 Å². The first-order valence-corrected chi connectivity index (χ1v) is 9.27. The van der Waals surface area contributed by atoms with E-state index in [0.717, 1.165) is 0 Å². The molecule has 1 saturated heterocycles. The van der Waals surface area contributed by atoms with Gasteiger partial charge in [0, 0.05) is 21.7 Å². The van der Waals surface area contributed by atoms with Crippen molar-refractivity contribution < 1.29 is 17.9 Å². The standard InChI is InChI=1S/C14H14Cl2N2O4S/c15-10-3-9(4-11(16)5-10)14-17-12(8-22-14)6-18-13(7-19)1-2-23(18,20)21/h3-5,8,13,19H,1-2,6-7H2. The van der Waals surface area contributed by atoms with Crippen LogP contribution in [0.1, 0.15) is 12.1 Å². The molecule has 23 heavy (non-hydrogen) atoms. The van der Waals surface area contributed by atoms with Crippen LogP contribution in [0.15, 0.2) is 28.9 Å². The van der Waals surface area contributed by atoms with Gasteiger partial charge in [0.25, 0.3) is 0 Å². The molecule has 1 aliphatic heterocycles. The fourth-order valence-corrected chi connectivity index (χ4v) is 4.82. The van der Waals surface area contributed by atoms with Crippen molar-refractivity contribution in [1.29, 1.82) is 0 Å². The van der Waals surface area contributed by atoms with Crippen molar-refractivity contribution in [3.63, 3.8) is 0 Å². The van der Waals surface area contributed by atoms with Crippen LogP contribution in [0.25, 0.3) is 11.5 Å². The Morgan fingerprint density at radius 2 is 2.00 bits per heavy atom. The van der Waals surface area contributed by atoms with Gasteiger partial charge in [0.2, 0.25) is 15.9 Å². The summed E-state index contributed by atoms with van der Waals surface area (Å²) >= 11 is 11.9. The van der Waals surface area contributed by atoms with Gasteiger partial charge in [-0.15, -0.1) is 0 Å². The van der Waals surface area contributed by atoms with E-state index in [2.05, 4.69) is 4.98 Å². The van der Waals surface area contributed by atoms with Gasteiger partial charge in [-0.25, -0.2) is 13.4 Å². The van der Waals surface area contributed by atoms with E-state index < -0.39 is 16.1 Å². The summed E-state index contributed by atoms with van der Waals surface area (Å²) in [7, 11) is -3.37. The second kappa shape index (κ2) is 6.41. The highest BCUT2D eigenvalue weighted by atomic mass is 35.5. The Labute approximate surface area is 143 Å². The van der Waals surface area contributed by atoms with Gasteiger partial charge < -0.3 is 9.52 Å². The Morgan fingerprint density at radius 3 is 2.65 bits per heavy atom. The van der Waals surface area contributed by atoms with Crippen molar-refractivity contribution >= 4 is 33.2 Å². The van der Waals surface area contributed by atoms with E-state index in [1.807, 2.05) is 0 Å². The summed E-state index contributed by atoms with van der Waals surface area (Å²) in [4.78, 5) is 4.29. The molecule has 1 unspecified atom stereocenters. The van der Waals surface area contributed by atoms with Crippen molar-refractivity contribution in [3.8, 4) is 11.5 Å². The number of hydrogen-bond donors (Lipinski definition) is 1. The molecular formula is C14H14Cl2N2O4S. The molecule has 0 aliphatic carbocycles. The fraction of sp³-hybridized carbons (Fsp3) is 0.357. The minimum absolute atomic E-state index is 0.0346. The van der Waals surface area contributed by atoms with Gasteiger partial charge in [-0.3, -0.25) is 0 Å². The van der Waals surface area contributed by atoms with E-state index in [9.17, 15) is 13.5 Å². The molecule has 1 aromatic heterocycles. The van der Waals surface area contributed by atoms with Crippen molar-refractivity contribution in [1.82, 2.24) is 9.29 Å². The Bertz CT molecular complexity index is 802. The normalized spacial score (nSPS) is 20.9. The summed E-state index contributed by atoms with van der Waals surface area (Å²) in [5.41, 5.74) is 1.07. The zero-order chi connectivity index (χ0) is 16.6. The van der Waals surface area contributed by atoms with Crippen molar-refractivity contribution in [2.45, 2.75) is 19.0 Å². The van der Waals surface area contributed by atoms with Gasteiger partial charge in [-0.2, -0.15) is 4.31 Å². The quantitative estimate of drug-likeness (QED) is 0.886. The lowest BCUT2D eigenvalue weighted by molar-refractivity contribution is 0.192. The lowest BCUT2D eigenvalue weighted by Crippen LogP contribution is -2.35. The second-order valence-corrected chi connectivity index (χ2v) is 8.20. The zero-order valence-electron chi connectivity index (χ0n) is 11.9. The average molecular weight is 377 g/mol. The van der Waals surface area contributed by atoms with Crippen LogP contribution in [0.4, 0.5) is 0 Å². The molecule has 124 valence electrons. The maximum Gasteiger partial charge on any atom is 0.226 e. The van der Waals surface area contributed by atoms with Gasteiger partial charge >= 0.3 is 0 Å². The minimum Gasteiger partial charge on any atom is -0.444 e. The van der Waals surface area contributed by atoms with E-state index in [4.69, 9.17) is 27.6 Å². The largest absolute Gasteiger partial charge is 0.444 e. The summed E-state index contributed by atoms with van der Waals surface area (Å²) in [5, 5.41) is 10.2. The molecule has 0 spiro atoms. The number of nitrogens with zero attached hydrogens (tertiary/aromatic N) is 2. The number of rotatable bonds is 4. The topological polar surface area (TPSA) is 83.6 Å². The Kier molecular flexibility index (Phi) is 4.66. The van der Waals surface area contributed by atoms with Gasteiger partial charge in [-0.05, 0) is 24.6 Å². The van der Waals surface area contributed by atoms with E-state index in [-0.39, 0.29) is 18.9 Å². The van der Waals surface area contributed by atoms with E-state index in [0.29, 0.717) is 33.6 Å². The first kappa shape index (κ1) is 16.7. The Hall–Kier alpha value is -1.12. The number of aliphatic hydroxyl groups excluding tert-OH is 1. The number of aromatic nitrogens is 1. The molecule has 0 radical (unpaired) electrons. The highest BCUT2D eigenvalue weighted by Crippen LogP contribution is 2.28. The molecule has 1 fully saturated rings. The molecule has 3 rings (SSSR count). The van der Waals surface area contributed by atoms with Crippen molar-refractivity contribution in [2.75, 3.05) is 12.4 Å². The zero-order valence-corrected chi connectivity index (χ0v) is 14.3. The summed E-state index contributed by atoms with van der Waals surface area (Å²) in [6.07, 6.45) is 1.81. The maximum atomic E-state index is 12.0. The lowest BCUT2D eigenvalue weighted by Gasteiger charge is -2.19. The van der Waals surface area contributed by atoms with E-state index in [1.54, 1.807) is 18.2 Å². The van der Waals surface area contributed by atoms with Crippen LogP contribution < -0.4 is 0 Å². The molecule has 6 nitrogen and oxygen atoms in total. The predicted octanol–water partition coefficient (Wildman–Crippen LogP) is 2.54. The van der Waals surface area contributed by atoms with Crippen LogP contribution >= 0.6 is 23.2 Å². The molecule has 0 bridgehead atoms. The first-order chi connectivity index (χ1) is 10.9. The second-order valence-electron chi connectivity index (χ2n) is 5.29. The molecule has 1 atom stereocenters. The Morgan fingerprint density at radius 1 is 1.30 bits per heavy atom. The average Bonchev–Trinajstić information content (AvgIpc) is 3.04. The summed E-state index contributed by atoms with van der Waals surface area (Å²) < 4.78 is 30.7. The highest BCUT2D eigenvalue weighted by Gasteiger charge is 2.37. The van der Waals surface area contributed by atoms with Crippen LogP contribution in [-0.4, -0.2) is 41.2 Å². The molecule has 0 amide bonds. The minimum atomic E-state index is -3.37. The SMILES string of the molecule is O=S1(=O)CCC(CO)N1Cc1coc(-c2cc(Cl)cc(Cl)c2)n1. The number of sulfonamides is 1. The fourth-order valence-electron chi connectivity index (χ4n) is 2.53. The van der Waals surface area contributed by atoms with Crippen LogP contribution in [0.5, 0.6) is 0 Å². The summed E-state index contributed by atoms with van der Waals surface area (Å²) in [5.74, 6) is 0.342. The third-order valence-electron chi connectivity index (χ3n) is 3.66. The third kappa shape index (κ3) is 3.54. The van der Waals surface area contributed by atoms with Gasteiger partial charge in [0.15, 0.2) is 0 Å². The molecule has 0 saturated carbocycles. The molecule has 1 aromatic carbocycles. The Balaban J connectivity index is 1.85. The van der Waals surface area contributed by atoms with Crippen LogP contribution in [0, 0.1) is 0 Å². The van der Waals surface area contributed by atoms with Crippen LogP contribution in [-0.2, 0) is 16.6 Å². The molecule has 2 heterocycles. The number of benzene rings is 1. The molecule has 9 heteroatoms. The van der Waals surface area contributed by atoms with Gasteiger partial charge in [0.1, 0.15) is 6.26 Å². The summed E-state index contributed by atoms with van der Waals surface area (Å²) in [6, 6.07) is 4.50. The molecule has 1 N–H and O–H groups in total. The maximum absolute atomic E-state index is 12.0. The summed E-state index contributed by atoms with van der Waals surface area (Å²) in [6.45, 7) is -0.154. The van der Waals surface area contributed by atoms with E-state index >= 15 is 0 Å². The van der Waals surface area contributed by atoms with Gasteiger partial charge in [0.05, 0.1) is 24.6 Å². The van der Waals surface area contributed by atoms with Crippen LogP contribution in [0.3, 0.4) is 0 Å². The third-order valence-corrected chi connectivity index (χ3v) is 5.99. The number of hydrogen-bond acceptors (Lipinski definition) is 5. The molecule has 2 aromatic rings. The molecular weight excluding hydrogens is 363 g/mol. The monoisotopic (exact) mass is 376 g/mol. The lowest BCUT2D eigenvalue weighted by atomic mass is 10.2. The molecule has 1 aliphatic rings. The highest BCUT2D eigenvalue weighted by molar-refractivity contribution is 7.89. The number of halogens is 2.